The third-order valence-electron chi connectivity index (χ3n) is 2.77. The van der Waals surface area contributed by atoms with Crippen molar-refractivity contribution in [2.45, 2.75) is 25.9 Å². The van der Waals surface area contributed by atoms with Gasteiger partial charge >= 0.3 is 0 Å². The topological polar surface area (TPSA) is 60.9 Å². The number of rotatable bonds is 5. The molecule has 0 saturated carbocycles. The van der Waals surface area contributed by atoms with Crippen molar-refractivity contribution < 1.29 is 5.11 Å². The number of nitrogens with one attached hydrogen (secondary N) is 2. The van der Waals surface area contributed by atoms with E-state index in [-0.39, 0.29) is 6.61 Å². The molecule has 0 amide bonds. The van der Waals surface area contributed by atoms with Crippen LogP contribution in [-0.4, -0.2) is 28.0 Å². The van der Waals surface area contributed by atoms with Crippen LogP contribution in [0.15, 0.2) is 24.4 Å². The van der Waals surface area contributed by atoms with Crippen molar-refractivity contribution in [3.8, 4) is 0 Å². The van der Waals surface area contributed by atoms with E-state index in [0.717, 1.165) is 23.9 Å². The number of aromatic nitrogens is 2. The number of hydrogen-bond donors (Lipinski definition) is 3. The van der Waals surface area contributed by atoms with Crippen LogP contribution in [0, 0.1) is 0 Å². The lowest BCUT2D eigenvalue weighted by Crippen LogP contribution is -2.26. The van der Waals surface area contributed by atoms with Crippen LogP contribution < -0.4 is 5.32 Å². The zero-order valence-corrected chi connectivity index (χ0v) is 9.40. The van der Waals surface area contributed by atoms with Gasteiger partial charge in [0.2, 0.25) is 0 Å². The summed E-state index contributed by atoms with van der Waals surface area (Å²) in [6, 6.07) is 6.48. The van der Waals surface area contributed by atoms with E-state index < -0.39 is 0 Å². The number of fused-ring (bicyclic) bond motifs is 1. The van der Waals surface area contributed by atoms with Crippen LogP contribution in [0.2, 0.25) is 0 Å². The van der Waals surface area contributed by atoms with Crippen LogP contribution >= 0.6 is 0 Å². The second-order valence-electron chi connectivity index (χ2n) is 4.05. The molecule has 0 aliphatic heterocycles. The van der Waals surface area contributed by atoms with Gasteiger partial charge < -0.3 is 10.4 Å². The van der Waals surface area contributed by atoms with E-state index in [0.29, 0.717) is 6.04 Å². The maximum atomic E-state index is 8.82. The molecule has 4 heteroatoms. The van der Waals surface area contributed by atoms with Gasteiger partial charge in [-0.1, -0.05) is 18.2 Å². The van der Waals surface area contributed by atoms with Gasteiger partial charge in [-0.2, -0.15) is 5.10 Å². The number of H-pyrrole nitrogens is 1. The summed E-state index contributed by atoms with van der Waals surface area (Å²) < 4.78 is 0. The molecule has 0 unspecified atom stereocenters. The van der Waals surface area contributed by atoms with Crippen LogP contribution in [-0.2, 0) is 6.54 Å². The lowest BCUT2D eigenvalue weighted by Gasteiger charge is -2.12. The highest BCUT2D eigenvalue weighted by atomic mass is 16.3. The first kappa shape index (κ1) is 11.1. The molecule has 1 aromatic carbocycles. The lowest BCUT2D eigenvalue weighted by molar-refractivity contribution is 0.269. The third-order valence-corrected chi connectivity index (χ3v) is 2.77. The first-order valence-corrected chi connectivity index (χ1v) is 5.56. The molecule has 0 aliphatic rings. The molecule has 86 valence electrons. The molecule has 0 bridgehead atoms. The van der Waals surface area contributed by atoms with Crippen molar-refractivity contribution in [2.75, 3.05) is 6.61 Å². The molecule has 1 aromatic heterocycles. The smallest absolute Gasteiger partial charge is 0.0695 e. The monoisotopic (exact) mass is 219 g/mol. The van der Waals surface area contributed by atoms with E-state index in [1.54, 1.807) is 0 Å². The quantitative estimate of drug-likeness (QED) is 0.712. The average Bonchev–Trinajstić information content (AvgIpc) is 2.75. The number of aliphatic hydroxyl groups is 1. The Bertz CT molecular complexity index is 452. The first-order valence-electron chi connectivity index (χ1n) is 5.56. The first-order chi connectivity index (χ1) is 7.81. The third kappa shape index (κ3) is 2.40. The molecule has 4 nitrogen and oxygen atoms in total. The normalized spacial score (nSPS) is 13.1. The van der Waals surface area contributed by atoms with E-state index in [2.05, 4.69) is 28.5 Å². The van der Waals surface area contributed by atoms with Crippen LogP contribution in [0.3, 0.4) is 0 Å². The summed E-state index contributed by atoms with van der Waals surface area (Å²) in [6.07, 6.45) is 2.61. The van der Waals surface area contributed by atoms with Gasteiger partial charge in [-0.05, 0) is 18.9 Å². The van der Waals surface area contributed by atoms with Crippen molar-refractivity contribution in [1.29, 1.82) is 0 Å². The Kier molecular flexibility index (Phi) is 3.54. The van der Waals surface area contributed by atoms with Crippen molar-refractivity contribution in [2.24, 2.45) is 0 Å². The second kappa shape index (κ2) is 5.09. The van der Waals surface area contributed by atoms with Gasteiger partial charge in [-0.25, -0.2) is 0 Å². The molecule has 1 atom stereocenters. The van der Waals surface area contributed by atoms with E-state index in [1.165, 1.54) is 5.56 Å². The molecule has 1 heterocycles. The Balaban J connectivity index is 2.06. The highest BCUT2D eigenvalue weighted by Crippen LogP contribution is 2.15. The molecule has 0 aliphatic carbocycles. The fraction of sp³-hybridized carbons (Fsp3) is 0.417. The van der Waals surface area contributed by atoms with Crippen molar-refractivity contribution in [3.63, 3.8) is 0 Å². The summed E-state index contributed by atoms with van der Waals surface area (Å²) in [5, 5.41) is 20.4. The van der Waals surface area contributed by atoms with Crippen LogP contribution in [0.5, 0.6) is 0 Å². The van der Waals surface area contributed by atoms with E-state index in [9.17, 15) is 0 Å². The van der Waals surface area contributed by atoms with E-state index >= 15 is 0 Å². The van der Waals surface area contributed by atoms with E-state index in [1.807, 2.05) is 18.3 Å². The molecule has 2 aromatic rings. The standard InChI is InChI=1S/C12H17N3O/c1-9(5-6-16)13-7-10-3-2-4-11-8-14-15-12(10)11/h2-4,8-9,13,16H,5-7H2,1H3,(H,14,15)/t9-/m1/s1. The van der Waals surface area contributed by atoms with E-state index in [4.69, 9.17) is 5.11 Å². The Morgan fingerprint density at radius 1 is 1.50 bits per heavy atom. The second-order valence-corrected chi connectivity index (χ2v) is 4.05. The predicted octanol–water partition coefficient (Wildman–Crippen LogP) is 1.42. The maximum absolute atomic E-state index is 8.82. The lowest BCUT2D eigenvalue weighted by atomic mass is 10.1. The number of aliphatic hydroxyl groups excluding tert-OH is 1. The molecular formula is C12H17N3O. The minimum Gasteiger partial charge on any atom is -0.396 e. The molecular weight excluding hydrogens is 202 g/mol. The predicted molar refractivity (Wildman–Crippen MR) is 64.1 cm³/mol. The highest BCUT2D eigenvalue weighted by molar-refractivity contribution is 5.81. The van der Waals surface area contributed by atoms with Crippen molar-refractivity contribution in [1.82, 2.24) is 15.5 Å². The Labute approximate surface area is 94.7 Å². The van der Waals surface area contributed by atoms with Crippen LogP contribution in [0.25, 0.3) is 10.9 Å². The molecule has 0 spiro atoms. The largest absolute Gasteiger partial charge is 0.396 e. The van der Waals surface area contributed by atoms with Gasteiger partial charge in [0.25, 0.3) is 0 Å². The Morgan fingerprint density at radius 2 is 2.38 bits per heavy atom. The molecule has 0 saturated heterocycles. The number of aromatic amines is 1. The molecule has 0 radical (unpaired) electrons. The summed E-state index contributed by atoms with van der Waals surface area (Å²) in [6.45, 7) is 3.09. The molecule has 3 N–H and O–H groups in total. The maximum Gasteiger partial charge on any atom is 0.0695 e. The minimum atomic E-state index is 0.225. The van der Waals surface area contributed by atoms with Gasteiger partial charge in [-0.3, -0.25) is 5.10 Å². The molecule has 16 heavy (non-hydrogen) atoms. The van der Waals surface area contributed by atoms with Crippen molar-refractivity contribution in [3.05, 3.63) is 30.0 Å². The number of hydrogen-bond acceptors (Lipinski definition) is 3. The summed E-state index contributed by atoms with van der Waals surface area (Å²) in [7, 11) is 0. The zero-order valence-electron chi connectivity index (χ0n) is 9.40. The van der Waals surface area contributed by atoms with Gasteiger partial charge in [0.1, 0.15) is 0 Å². The Hall–Kier alpha value is -1.39. The summed E-state index contributed by atoms with van der Waals surface area (Å²) >= 11 is 0. The fourth-order valence-electron chi connectivity index (χ4n) is 1.76. The molecule has 2 rings (SSSR count). The summed E-state index contributed by atoms with van der Waals surface area (Å²) in [4.78, 5) is 0. The Morgan fingerprint density at radius 3 is 3.19 bits per heavy atom. The zero-order chi connectivity index (χ0) is 11.4. The van der Waals surface area contributed by atoms with Gasteiger partial charge in [0.05, 0.1) is 11.7 Å². The average molecular weight is 219 g/mol. The molecule has 0 fully saturated rings. The highest BCUT2D eigenvalue weighted by Gasteiger charge is 2.04. The fourth-order valence-corrected chi connectivity index (χ4v) is 1.76. The number of para-hydroxylation sites is 1. The van der Waals surface area contributed by atoms with Gasteiger partial charge in [-0.15, -0.1) is 0 Å². The minimum absolute atomic E-state index is 0.225. The summed E-state index contributed by atoms with van der Waals surface area (Å²) in [5.74, 6) is 0. The van der Waals surface area contributed by atoms with Crippen LogP contribution in [0.4, 0.5) is 0 Å². The number of nitrogens with zero attached hydrogens (tertiary/aromatic N) is 1. The van der Waals surface area contributed by atoms with Crippen molar-refractivity contribution >= 4 is 10.9 Å². The van der Waals surface area contributed by atoms with Crippen LogP contribution in [0.1, 0.15) is 18.9 Å². The van der Waals surface area contributed by atoms with Gasteiger partial charge in [0.15, 0.2) is 0 Å². The number of benzene rings is 1. The van der Waals surface area contributed by atoms with Gasteiger partial charge in [0, 0.05) is 24.6 Å². The SMILES string of the molecule is C[C@H](CCO)NCc1cccc2cn[nH]c12. The summed E-state index contributed by atoms with van der Waals surface area (Å²) in [5.41, 5.74) is 2.30.